The van der Waals surface area contributed by atoms with E-state index in [0.29, 0.717) is 0 Å². The van der Waals surface area contributed by atoms with Crippen LogP contribution in [0.5, 0.6) is 0 Å². The van der Waals surface area contributed by atoms with Crippen LogP contribution in [0.1, 0.15) is 0 Å². The molecule has 4 aromatic rings. The molecule has 0 aliphatic rings. The minimum atomic E-state index is 0. The maximum absolute atomic E-state index is 7.00. The van der Waals surface area contributed by atoms with Gasteiger partial charge in [-0.2, -0.15) is 0 Å². The van der Waals surface area contributed by atoms with Gasteiger partial charge in [-0.15, -0.1) is 60.2 Å². The molecule has 29 heavy (non-hydrogen) atoms. The van der Waals surface area contributed by atoms with Gasteiger partial charge in [-0.05, 0) is 17.5 Å². The van der Waals surface area contributed by atoms with Crippen LogP contribution in [0.3, 0.4) is 0 Å². The monoisotopic (exact) mass is 563 g/mol. The van der Waals surface area contributed by atoms with E-state index >= 15 is 0 Å². The van der Waals surface area contributed by atoms with Crippen LogP contribution in [0.4, 0.5) is 0 Å². The summed E-state index contributed by atoms with van der Waals surface area (Å²) >= 11 is 0. The molecule has 0 aliphatic heterocycles. The molecule has 2 N–H and O–H groups in total. The van der Waals surface area contributed by atoms with Gasteiger partial charge in [0, 0.05) is 46.2 Å². The fourth-order valence-electron chi connectivity index (χ4n) is 2.58. The number of aliphatic hydroxyl groups is 2. The van der Waals surface area contributed by atoms with Crippen molar-refractivity contribution in [1.82, 2.24) is 9.97 Å². The van der Waals surface area contributed by atoms with Crippen LogP contribution in [-0.4, -0.2) is 34.4 Å². The van der Waals surface area contributed by atoms with Crippen molar-refractivity contribution in [3.8, 4) is 33.8 Å². The number of aromatic nitrogens is 2. The molecule has 0 amide bonds. The largest absolute Gasteiger partial charge is 0.400 e. The number of benzene rings is 2. The van der Waals surface area contributed by atoms with Crippen molar-refractivity contribution in [1.29, 1.82) is 0 Å². The molecule has 0 bridgehead atoms. The Kier molecular flexibility index (Phi) is 11.3. The summed E-state index contributed by atoms with van der Waals surface area (Å²) in [4.78, 5) is 9.16. The smallest absolute Gasteiger partial charge is 0.0319 e. The van der Waals surface area contributed by atoms with Crippen LogP contribution in [0.2, 0.25) is 0 Å². The molecule has 0 unspecified atom stereocenters. The predicted molar refractivity (Wildman–Crippen MR) is 112 cm³/mol. The van der Waals surface area contributed by atoms with Crippen molar-refractivity contribution in [2.45, 2.75) is 0 Å². The molecule has 2 aromatic carbocycles. The third kappa shape index (κ3) is 6.70. The van der Waals surface area contributed by atoms with Crippen LogP contribution < -0.4 is 0 Å². The van der Waals surface area contributed by atoms with Gasteiger partial charge in [0.05, 0.1) is 0 Å². The van der Waals surface area contributed by atoms with Gasteiger partial charge < -0.3 is 15.2 Å². The Bertz CT molecular complexity index is 883. The quantitative estimate of drug-likeness (QED) is 0.366. The van der Waals surface area contributed by atoms with Crippen LogP contribution in [0.15, 0.2) is 85.1 Å². The molecule has 5 heteroatoms. The van der Waals surface area contributed by atoms with Gasteiger partial charge in [0.2, 0.25) is 0 Å². The van der Waals surface area contributed by atoms with Crippen molar-refractivity contribution in [3.05, 3.63) is 97.2 Å². The third-order valence-electron chi connectivity index (χ3n) is 3.75. The topological polar surface area (TPSA) is 66.2 Å². The molecule has 0 fully saturated rings. The molecule has 1 radical (unpaired) electrons. The second-order valence-corrected chi connectivity index (χ2v) is 5.38. The van der Waals surface area contributed by atoms with Gasteiger partial charge in [0.1, 0.15) is 0 Å². The first-order valence-corrected chi connectivity index (χ1v) is 8.68. The van der Waals surface area contributed by atoms with Crippen molar-refractivity contribution in [2.24, 2.45) is 0 Å². The molecule has 0 atom stereocenters. The molecule has 0 saturated heterocycles. The minimum Gasteiger partial charge on any atom is -0.400 e. The zero-order chi connectivity index (χ0) is 20.2. The van der Waals surface area contributed by atoms with Crippen LogP contribution in [0, 0.1) is 12.1 Å². The molecule has 2 heterocycles. The van der Waals surface area contributed by atoms with Crippen molar-refractivity contribution >= 4 is 0 Å². The summed E-state index contributed by atoms with van der Waals surface area (Å²) in [5, 5.41) is 14.0. The Morgan fingerprint density at radius 1 is 0.621 bits per heavy atom. The van der Waals surface area contributed by atoms with Gasteiger partial charge in [-0.1, -0.05) is 41.5 Å². The summed E-state index contributed by atoms with van der Waals surface area (Å²) in [6.45, 7) is 0. The van der Waals surface area contributed by atoms with Gasteiger partial charge in [-0.3, -0.25) is 4.98 Å². The molecule has 4 nitrogen and oxygen atoms in total. The van der Waals surface area contributed by atoms with E-state index < -0.39 is 0 Å². The van der Waals surface area contributed by atoms with Crippen molar-refractivity contribution < 1.29 is 30.3 Å². The summed E-state index contributed by atoms with van der Waals surface area (Å²) < 4.78 is 0. The standard InChI is InChI=1S/C22H14N2.2CH4O.Ir/c1-2-8-17(9-3-1)21-13-7-14-22(24-21)19-11-6-10-18(16-19)20-12-4-5-15-23-20;2*1-2;/h1-8,10-15H;2*2H,1H3;/q-2;;;. The van der Waals surface area contributed by atoms with Crippen LogP contribution in [0.25, 0.3) is 33.8 Å². The molecule has 0 aliphatic carbocycles. The molecular weight excluding hydrogens is 540 g/mol. The first kappa shape index (κ1) is 24.3. The van der Waals surface area contributed by atoms with Crippen LogP contribution >= 0.6 is 0 Å². The molecule has 2 aromatic heterocycles. The van der Waals surface area contributed by atoms with E-state index in [2.05, 4.69) is 17.1 Å². The summed E-state index contributed by atoms with van der Waals surface area (Å²) in [5.74, 6) is 0. The van der Waals surface area contributed by atoms with Gasteiger partial charge in [0.15, 0.2) is 0 Å². The summed E-state index contributed by atoms with van der Waals surface area (Å²) in [6, 6.07) is 32.4. The molecule has 0 saturated carbocycles. The maximum atomic E-state index is 7.00. The number of aliphatic hydroxyl groups excluding tert-OH is 2. The first-order chi connectivity index (χ1) is 13.9. The predicted octanol–water partition coefficient (Wildman–Crippen LogP) is 4.29. The zero-order valence-electron chi connectivity index (χ0n) is 16.2. The van der Waals surface area contributed by atoms with E-state index in [-0.39, 0.29) is 20.1 Å². The normalized spacial score (nSPS) is 9.10. The first-order valence-electron chi connectivity index (χ1n) is 8.68. The van der Waals surface area contributed by atoms with E-state index in [4.69, 9.17) is 15.2 Å². The van der Waals surface area contributed by atoms with Gasteiger partial charge in [-0.25, -0.2) is 0 Å². The number of hydrogen-bond donors (Lipinski definition) is 2. The number of nitrogens with zero attached hydrogens (tertiary/aromatic N) is 2. The van der Waals surface area contributed by atoms with Gasteiger partial charge >= 0.3 is 0 Å². The Balaban J connectivity index is 0.000000794. The van der Waals surface area contributed by atoms with E-state index in [1.165, 1.54) is 0 Å². The Hall–Kier alpha value is -2.69. The Labute approximate surface area is 185 Å². The fourth-order valence-corrected chi connectivity index (χ4v) is 2.58. The number of pyridine rings is 2. The summed E-state index contributed by atoms with van der Waals surface area (Å²) in [6.07, 6.45) is 1.79. The second-order valence-electron chi connectivity index (χ2n) is 5.38. The average molecular weight is 563 g/mol. The van der Waals surface area contributed by atoms with E-state index in [0.717, 1.165) is 48.0 Å². The van der Waals surface area contributed by atoms with Crippen molar-refractivity contribution in [3.63, 3.8) is 0 Å². The average Bonchev–Trinajstić information content (AvgIpc) is 2.83. The zero-order valence-corrected chi connectivity index (χ0v) is 18.6. The summed E-state index contributed by atoms with van der Waals surface area (Å²) in [5.41, 5.74) is 5.61. The molecule has 0 spiro atoms. The summed E-state index contributed by atoms with van der Waals surface area (Å²) in [7, 11) is 2.00. The molecule has 4 rings (SSSR count). The number of rotatable bonds is 3. The third-order valence-corrected chi connectivity index (χ3v) is 3.75. The second kappa shape index (κ2) is 13.5. The SMILES string of the molecule is CO.CO.[Ir].[c-]1ccccc1-c1cccc(-c2[c-]c(-c3ccccn3)ccc2)n1. The van der Waals surface area contributed by atoms with E-state index in [9.17, 15) is 0 Å². The molecule has 151 valence electrons. The fraction of sp³-hybridized carbons (Fsp3) is 0.0833. The van der Waals surface area contributed by atoms with E-state index in [1.807, 2.05) is 78.9 Å². The van der Waals surface area contributed by atoms with E-state index in [1.54, 1.807) is 6.20 Å². The Morgan fingerprint density at radius 3 is 1.79 bits per heavy atom. The molecular formula is C24H22IrN2O2-2. The number of hydrogen-bond acceptors (Lipinski definition) is 4. The Morgan fingerprint density at radius 2 is 1.17 bits per heavy atom. The minimum absolute atomic E-state index is 0. The van der Waals surface area contributed by atoms with Crippen LogP contribution in [-0.2, 0) is 20.1 Å². The van der Waals surface area contributed by atoms with Gasteiger partial charge in [0.25, 0.3) is 0 Å². The maximum Gasteiger partial charge on any atom is 0.0319 e. The van der Waals surface area contributed by atoms with Crippen molar-refractivity contribution in [2.75, 3.05) is 14.2 Å².